The van der Waals surface area contributed by atoms with Crippen molar-refractivity contribution >= 4 is 11.8 Å². The molecule has 3 heteroatoms. The summed E-state index contributed by atoms with van der Waals surface area (Å²) in [5.41, 5.74) is 6.63. The van der Waals surface area contributed by atoms with E-state index in [1.807, 2.05) is 6.92 Å². The molecule has 2 N–H and O–H groups in total. The zero-order valence-electron chi connectivity index (χ0n) is 7.88. The van der Waals surface area contributed by atoms with Crippen LogP contribution in [-0.2, 0) is 0 Å². The Balaban J connectivity index is 3.03. The minimum atomic E-state index is -0.215. The van der Waals surface area contributed by atoms with Gasteiger partial charge in [-0.15, -0.1) is 11.8 Å². The molecule has 0 unspecified atom stereocenters. The van der Waals surface area contributed by atoms with Crippen molar-refractivity contribution in [2.75, 3.05) is 5.75 Å². The van der Waals surface area contributed by atoms with Crippen molar-refractivity contribution in [3.63, 3.8) is 0 Å². The summed E-state index contributed by atoms with van der Waals surface area (Å²) in [6.45, 7) is 3.94. The molecule has 0 aliphatic rings. The Labute approximate surface area is 82.5 Å². The highest BCUT2D eigenvalue weighted by molar-refractivity contribution is 7.99. The Bertz CT molecular complexity index is 286. The summed E-state index contributed by atoms with van der Waals surface area (Å²) in [4.78, 5) is 1.08. The van der Waals surface area contributed by atoms with Gasteiger partial charge in [0.1, 0.15) is 5.82 Å². The summed E-state index contributed by atoms with van der Waals surface area (Å²) in [7, 11) is 0. The van der Waals surface area contributed by atoms with Crippen LogP contribution >= 0.6 is 11.8 Å². The van der Waals surface area contributed by atoms with Crippen LogP contribution < -0.4 is 5.73 Å². The molecule has 1 aromatic rings. The maximum atomic E-state index is 12.9. The van der Waals surface area contributed by atoms with Gasteiger partial charge in [0.15, 0.2) is 0 Å². The minimum Gasteiger partial charge on any atom is -0.324 e. The second-order valence-electron chi connectivity index (χ2n) is 2.90. The first-order chi connectivity index (χ1) is 6.15. The van der Waals surface area contributed by atoms with Gasteiger partial charge in [-0.1, -0.05) is 6.92 Å². The Hall–Kier alpha value is -0.540. The van der Waals surface area contributed by atoms with Crippen LogP contribution in [0, 0.1) is 5.82 Å². The van der Waals surface area contributed by atoms with Gasteiger partial charge < -0.3 is 5.73 Å². The Kier molecular flexibility index (Phi) is 3.75. The zero-order chi connectivity index (χ0) is 9.84. The summed E-state index contributed by atoms with van der Waals surface area (Å²) >= 11 is 1.69. The molecule has 13 heavy (non-hydrogen) atoms. The van der Waals surface area contributed by atoms with Gasteiger partial charge in [0.05, 0.1) is 0 Å². The van der Waals surface area contributed by atoms with Gasteiger partial charge in [0.25, 0.3) is 0 Å². The molecule has 1 aromatic carbocycles. The quantitative estimate of drug-likeness (QED) is 0.757. The number of benzene rings is 1. The number of nitrogens with two attached hydrogens (primary N) is 1. The molecule has 1 nitrogen and oxygen atoms in total. The average molecular weight is 199 g/mol. The van der Waals surface area contributed by atoms with Crippen LogP contribution in [0.5, 0.6) is 0 Å². The summed E-state index contributed by atoms with van der Waals surface area (Å²) in [6, 6.07) is 4.68. The van der Waals surface area contributed by atoms with Crippen molar-refractivity contribution in [1.29, 1.82) is 0 Å². The van der Waals surface area contributed by atoms with E-state index in [-0.39, 0.29) is 11.9 Å². The van der Waals surface area contributed by atoms with Crippen LogP contribution in [0.25, 0.3) is 0 Å². The first-order valence-corrected chi connectivity index (χ1v) is 5.31. The SMILES string of the molecule is CCSc1ccc(F)cc1[C@H](C)N. The summed E-state index contributed by atoms with van der Waals surface area (Å²) in [5.74, 6) is 0.762. The van der Waals surface area contributed by atoms with E-state index in [0.717, 1.165) is 16.2 Å². The molecule has 0 aliphatic carbocycles. The van der Waals surface area contributed by atoms with Crippen molar-refractivity contribution in [1.82, 2.24) is 0 Å². The smallest absolute Gasteiger partial charge is 0.123 e. The van der Waals surface area contributed by atoms with E-state index < -0.39 is 0 Å². The predicted molar refractivity (Wildman–Crippen MR) is 55.4 cm³/mol. The van der Waals surface area contributed by atoms with Gasteiger partial charge in [-0.2, -0.15) is 0 Å². The molecule has 1 atom stereocenters. The lowest BCUT2D eigenvalue weighted by atomic mass is 10.1. The van der Waals surface area contributed by atoms with Gasteiger partial charge in [-0.05, 0) is 36.4 Å². The van der Waals surface area contributed by atoms with Crippen LogP contribution in [0.4, 0.5) is 4.39 Å². The maximum absolute atomic E-state index is 12.9. The van der Waals surface area contributed by atoms with Crippen molar-refractivity contribution in [2.45, 2.75) is 24.8 Å². The van der Waals surface area contributed by atoms with Crippen molar-refractivity contribution in [3.8, 4) is 0 Å². The highest BCUT2D eigenvalue weighted by atomic mass is 32.2. The number of thioether (sulfide) groups is 1. The molecule has 0 saturated heterocycles. The largest absolute Gasteiger partial charge is 0.324 e. The van der Waals surface area contributed by atoms with Gasteiger partial charge in [0.2, 0.25) is 0 Å². The molecular weight excluding hydrogens is 185 g/mol. The van der Waals surface area contributed by atoms with Crippen molar-refractivity contribution in [2.24, 2.45) is 5.73 Å². The first-order valence-electron chi connectivity index (χ1n) is 4.33. The molecule has 0 radical (unpaired) electrons. The average Bonchev–Trinajstić information content (AvgIpc) is 2.08. The van der Waals surface area contributed by atoms with E-state index in [2.05, 4.69) is 6.92 Å². The molecule has 0 heterocycles. The number of hydrogen-bond donors (Lipinski definition) is 1. The maximum Gasteiger partial charge on any atom is 0.123 e. The summed E-state index contributed by atoms with van der Waals surface area (Å²) < 4.78 is 12.9. The minimum absolute atomic E-state index is 0.107. The van der Waals surface area contributed by atoms with Crippen LogP contribution in [-0.4, -0.2) is 5.75 Å². The third kappa shape index (κ3) is 2.71. The van der Waals surface area contributed by atoms with Crippen molar-refractivity contribution < 1.29 is 4.39 Å². The normalized spacial score (nSPS) is 12.9. The highest BCUT2D eigenvalue weighted by Gasteiger charge is 2.07. The molecule has 72 valence electrons. The molecule has 1 rings (SSSR count). The lowest BCUT2D eigenvalue weighted by Gasteiger charge is -2.11. The number of halogens is 1. The third-order valence-electron chi connectivity index (χ3n) is 1.76. The van der Waals surface area contributed by atoms with Gasteiger partial charge in [0, 0.05) is 10.9 Å². The third-order valence-corrected chi connectivity index (χ3v) is 2.73. The monoisotopic (exact) mass is 199 g/mol. The van der Waals surface area contributed by atoms with E-state index in [4.69, 9.17) is 5.73 Å². The molecular formula is C10H14FNS. The van der Waals surface area contributed by atoms with E-state index in [1.165, 1.54) is 12.1 Å². The Morgan fingerprint density at radius 3 is 2.77 bits per heavy atom. The summed E-state index contributed by atoms with van der Waals surface area (Å²) in [6.07, 6.45) is 0. The lowest BCUT2D eigenvalue weighted by molar-refractivity contribution is 0.619. The number of rotatable bonds is 3. The van der Waals surface area contributed by atoms with Crippen LogP contribution in [0.15, 0.2) is 23.1 Å². The lowest BCUT2D eigenvalue weighted by Crippen LogP contribution is -2.06. The van der Waals surface area contributed by atoms with Gasteiger partial charge in [-0.25, -0.2) is 4.39 Å². The molecule has 0 aliphatic heterocycles. The molecule has 0 fully saturated rings. The molecule has 0 spiro atoms. The van der Waals surface area contributed by atoms with Crippen LogP contribution in [0.3, 0.4) is 0 Å². The van der Waals surface area contributed by atoms with Gasteiger partial charge >= 0.3 is 0 Å². The topological polar surface area (TPSA) is 26.0 Å². The predicted octanol–water partition coefficient (Wildman–Crippen LogP) is 2.96. The molecule has 0 aromatic heterocycles. The molecule has 0 saturated carbocycles. The van der Waals surface area contributed by atoms with E-state index in [1.54, 1.807) is 17.8 Å². The van der Waals surface area contributed by atoms with Gasteiger partial charge in [-0.3, -0.25) is 0 Å². The highest BCUT2D eigenvalue weighted by Crippen LogP contribution is 2.26. The fourth-order valence-electron chi connectivity index (χ4n) is 1.16. The fraction of sp³-hybridized carbons (Fsp3) is 0.400. The standard InChI is InChI=1S/C10H14FNS/c1-3-13-10-5-4-8(11)6-9(10)7(2)12/h4-7H,3,12H2,1-2H3/t7-/m0/s1. The second-order valence-corrected chi connectivity index (χ2v) is 4.21. The van der Waals surface area contributed by atoms with Crippen molar-refractivity contribution in [3.05, 3.63) is 29.6 Å². The van der Waals surface area contributed by atoms with E-state index in [9.17, 15) is 4.39 Å². The van der Waals surface area contributed by atoms with Crippen LogP contribution in [0.2, 0.25) is 0 Å². The summed E-state index contributed by atoms with van der Waals surface area (Å²) in [5, 5.41) is 0. The number of hydrogen-bond acceptors (Lipinski definition) is 2. The zero-order valence-corrected chi connectivity index (χ0v) is 8.70. The fourth-order valence-corrected chi connectivity index (χ4v) is 2.05. The Morgan fingerprint density at radius 2 is 2.23 bits per heavy atom. The van der Waals surface area contributed by atoms with Crippen LogP contribution in [0.1, 0.15) is 25.5 Å². The second kappa shape index (κ2) is 4.63. The molecule has 0 amide bonds. The van der Waals surface area contributed by atoms with E-state index >= 15 is 0 Å². The first kappa shape index (κ1) is 10.5. The van der Waals surface area contributed by atoms with E-state index in [0.29, 0.717) is 0 Å². The molecule has 0 bridgehead atoms. The Morgan fingerprint density at radius 1 is 1.54 bits per heavy atom.